The van der Waals surface area contributed by atoms with E-state index in [2.05, 4.69) is 27.9 Å². The third-order valence-corrected chi connectivity index (χ3v) is 5.77. The van der Waals surface area contributed by atoms with Crippen molar-refractivity contribution in [2.75, 3.05) is 11.9 Å². The molecule has 3 atom stereocenters. The topological polar surface area (TPSA) is 55.4 Å². The molecule has 1 aromatic carbocycles. The summed E-state index contributed by atoms with van der Waals surface area (Å²) in [6.45, 7) is -0.204. The fourth-order valence-corrected chi connectivity index (χ4v) is 4.32. The van der Waals surface area contributed by atoms with E-state index < -0.39 is 0 Å². The van der Waals surface area contributed by atoms with Crippen LogP contribution in [-0.2, 0) is 14.3 Å². The summed E-state index contributed by atoms with van der Waals surface area (Å²) in [7, 11) is 0. The second-order valence-corrected chi connectivity index (χ2v) is 7.49. The molecule has 2 aliphatic carbocycles. The van der Waals surface area contributed by atoms with Gasteiger partial charge < -0.3 is 10.1 Å². The summed E-state index contributed by atoms with van der Waals surface area (Å²) >= 11 is 2.16. The number of nitrogens with one attached hydrogen (secondary N) is 1. The van der Waals surface area contributed by atoms with Gasteiger partial charge in [-0.25, -0.2) is 0 Å². The zero-order valence-electron chi connectivity index (χ0n) is 12.4. The summed E-state index contributed by atoms with van der Waals surface area (Å²) in [4.78, 5) is 23.7. The molecule has 1 aromatic rings. The number of anilines is 1. The van der Waals surface area contributed by atoms with Crippen LogP contribution in [0.4, 0.5) is 5.69 Å². The number of benzene rings is 1. The Labute approximate surface area is 144 Å². The van der Waals surface area contributed by atoms with Gasteiger partial charge >= 0.3 is 5.97 Å². The van der Waals surface area contributed by atoms with Crippen LogP contribution >= 0.6 is 22.6 Å². The van der Waals surface area contributed by atoms with E-state index in [0.717, 1.165) is 21.6 Å². The summed E-state index contributed by atoms with van der Waals surface area (Å²) in [5.74, 6) is 1.48. The average molecular weight is 413 g/mol. The summed E-state index contributed by atoms with van der Waals surface area (Å²) in [5.41, 5.74) is 0.747. The number of fused-ring (bicyclic) bond motifs is 2. The lowest BCUT2D eigenvalue weighted by atomic mass is 9.86. The minimum Gasteiger partial charge on any atom is -0.456 e. The Morgan fingerprint density at radius 2 is 2.05 bits per heavy atom. The van der Waals surface area contributed by atoms with Crippen molar-refractivity contribution in [2.24, 2.45) is 17.8 Å². The maximum absolute atomic E-state index is 11.9. The van der Waals surface area contributed by atoms with Gasteiger partial charge in [0.05, 0.1) is 5.69 Å². The Hall–Kier alpha value is -1.11. The van der Waals surface area contributed by atoms with Crippen LogP contribution in [0, 0.1) is 21.3 Å². The fourth-order valence-electron chi connectivity index (χ4n) is 3.79. The lowest BCUT2D eigenvalue weighted by Crippen LogP contribution is -2.23. The first kappa shape index (κ1) is 15.8. The Kier molecular flexibility index (Phi) is 5.00. The predicted octanol–water partition coefficient (Wildman–Crippen LogP) is 3.60. The average Bonchev–Trinajstić information content (AvgIpc) is 3.10. The van der Waals surface area contributed by atoms with Gasteiger partial charge in [0, 0.05) is 9.99 Å². The number of ether oxygens (including phenoxy) is 1. The molecule has 0 heterocycles. The fraction of sp³-hybridized carbons (Fsp3) is 0.529. The quantitative estimate of drug-likeness (QED) is 0.593. The number of esters is 1. The molecule has 3 rings (SSSR count). The first-order chi connectivity index (χ1) is 10.6. The maximum atomic E-state index is 11.9. The van der Waals surface area contributed by atoms with Gasteiger partial charge in [0.15, 0.2) is 6.61 Å². The molecule has 0 aromatic heterocycles. The minimum atomic E-state index is -0.287. The van der Waals surface area contributed by atoms with Crippen LogP contribution < -0.4 is 5.32 Å². The van der Waals surface area contributed by atoms with E-state index in [1.165, 1.54) is 19.3 Å². The molecule has 1 N–H and O–H groups in total. The molecule has 22 heavy (non-hydrogen) atoms. The third-order valence-electron chi connectivity index (χ3n) is 4.83. The van der Waals surface area contributed by atoms with Gasteiger partial charge in [-0.2, -0.15) is 0 Å². The monoisotopic (exact) mass is 413 g/mol. The van der Waals surface area contributed by atoms with Gasteiger partial charge in [-0.3, -0.25) is 9.59 Å². The molecule has 2 bridgehead atoms. The number of rotatable bonds is 5. The van der Waals surface area contributed by atoms with Crippen molar-refractivity contribution in [1.82, 2.24) is 0 Å². The number of hydrogen-bond donors (Lipinski definition) is 1. The number of halogens is 1. The second-order valence-electron chi connectivity index (χ2n) is 6.33. The van der Waals surface area contributed by atoms with E-state index in [4.69, 9.17) is 4.74 Å². The smallest absolute Gasteiger partial charge is 0.306 e. The van der Waals surface area contributed by atoms with Crippen LogP contribution in [0.1, 0.15) is 32.1 Å². The molecular weight excluding hydrogens is 393 g/mol. The van der Waals surface area contributed by atoms with Crippen molar-refractivity contribution in [3.63, 3.8) is 0 Å². The highest BCUT2D eigenvalue weighted by Crippen LogP contribution is 2.49. The number of carbonyl (C=O) groups is 2. The van der Waals surface area contributed by atoms with Gasteiger partial charge in [-0.05, 0) is 71.7 Å². The molecule has 0 unspecified atom stereocenters. The molecule has 2 aliphatic rings. The zero-order chi connectivity index (χ0) is 15.5. The van der Waals surface area contributed by atoms with E-state index in [1.54, 1.807) is 0 Å². The molecule has 0 aliphatic heterocycles. The minimum absolute atomic E-state index is 0.204. The molecule has 0 spiro atoms. The van der Waals surface area contributed by atoms with Gasteiger partial charge in [0.1, 0.15) is 0 Å². The SMILES string of the molecule is O=C(COC(=O)C[C@@H]1C[C@@H]2CC[C@@H]1C2)Nc1ccccc1I. The predicted molar refractivity (Wildman–Crippen MR) is 92.3 cm³/mol. The molecule has 0 radical (unpaired) electrons. The summed E-state index contributed by atoms with van der Waals surface area (Å²) in [6.07, 6.45) is 5.50. The molecule has 2 saturated carbocycles. The van der Waals surface area contributed by atoms with Crippen molar-refractivity contribution in [1.29, 1.82) is 0 Å². The van der Waals surface area contributed by atoms with E-state index >= 15 is 0 Å². The van der Waals surface area contributed by atoms with Crippen LogP contribution in [0.25, 0.3) is 0 Å². The van der Waals surface area contributed by atoms with Gasteiger partial charge in [-0.15, -0.1) is 0 Å². The standard InChI is InChI=1S/C17H20INO3/c18-14-3-1-2-4-15(14)19-16(20)10-22-17(21)9-13-8-11-5-6-12(13)7-11/h1-4,11-13H,5-10H2,(H,19,20)/t11-,12-,13+/m1/s1. The van der Waals surface area contributed by atoms with E-state index in [-0.39, 0.29) is 18.5 Å². The number of carbonyl (C=O) groups excluding carboxylic acids is 2. The van der Waals surface area contributed by atoms with Gasteiger partial charge in [0.2, 0.25) is 0 Å². The molecule has 1 amide bonds. The largest absolute Gasteiger partial charge is 0.456 e. The van der Waals surface area contributed by atoms with Crippen molar-refractivity contribution < 1.29 is 14.3 Å². The van der Waals surface area contributed by atoms with E-state index in [9.17, 15) is 9.59 Å². The first-order valence-corrected chi connectivity index (χ1v) is 8.89. The van der Waals surface area contributed by atoms with E-state index in [0.29, 0.717) is 18.3 Å². The van der Waals surface area contributed by atoms with E-state index in [1.807, 2.05) is 24.3 Å². The highest BCUT2D eigenvalue weighted by Gasteiger charge is 2.40. The number of hydrogen-bond acceptors (Lipinski definition) is 3. The Morgan fingerprint density at radius 1 is 1.23 bits per heavy atom. The normalized spacial score (nSPS) is 26.0. The molecule has 4 nitrogen and oxygen atoms in total. The zero-order valence-corrected chi connectivity index (χ0v) is 14.5. The number of para-hydroxylation sites is 1. The maximum Gasteiger partial charge on any atom is 0.306 e. The number of amides is 1. The highest BCUT2D eigenvalue weighted by atomic mass is 127. The third kappa shape index (κ3) is 3.80. The van der Waals surface area contributed by atoms with Crippen molar-refractivity contribution in [3.8, 4) is 0 Å². The Bertz CT molecular complexity index is 575. The van der Waals surface area contributed by atoms with Crippen molar-refractivity contribution >= 4 is 40.2 Å². The Balaban J connectivity index is 1.41. The molecular formula is C17H20INO3. The molecule has 0 saturated heterocycles. The summed E-state index contributed by atoms with van der Waals surface area (Å²) in [6, 6.07) is 7.51. The lowest BCUT2D eigenvalue weighted by molar-refractivity contribution is -0.148. The van der Waals surface area contributed by atoms with Crippen LogP contribution in [-0.4, -0.2) is 18.5 Å². The van der Waals surface area contributed by atoms with Crippen LogP contribution in [0.15, 0.2) is 24.3 Å². The molecule has 2 fully saturated rings. The molecule has 118 valence electrons. The van der Waals surface area contributed by atoms with Gasteiger partial charge in [0.25, 0.3) is 5.91 Å². The Morgan fingerprint density at radius 3 is 2.73 bits per heavy atom. The molecule has 5 heteroatoms. The van der Waals surface area contributed by atoms with Crippen molar-refractivity contribution in [3.05, 3.63) is 27.8 Å². The lowest BCUT2D eigenvalue weighted by Gasteiger charge is -2.20. The van der Waals surface area contributed by atoms with Gasteiger partial charge in [-0.1, -0.05) is 18.6 Å². The first-order valence-electron chi connectivity index (χ1n) is 7.82. The second kappa shape index (κ2) is 6.98. The van der Waals surface area contributed by atoms with Crippen molar-refractivity contribution in [2.45, 2.75) is 32.1 Å². The summed E-state index contributed by atoms with van der Waals surface area (Å²) < 4.78 is 6.09. The van der Waals surface area contributed by atoms with Crippen LogP contribution in [0.3, 0.4) is 0 Å². The summed E-state index contributed by atoms with van der Waals surface area (Å²) in [5, 5.41) is 2.76. The van der Waals surface area contributed by atoms with Crippen LogP contribution in [0.5, 0.6) is 0 Å². The highest BCUT2D eigenvalue weighted by molar-refractivity contribution is 14.1. The van der Waals surface area contributed by atoms with Crippen LogP contribution in [0.2, 0.25) is 0 Å².